The normalized spacial score (nSPS) is 17.6. The number of benzene rings is 1. The Balaban J connectivity index is 1.60. The summed E-state index contributed by atoms with van der Waals surface area (Å²) in [6.45, 7) is 4.11. The molecule has 4 N–H and O–H groups in total. The van der Waals surface area contributed by atoms with Gasteiger partial charge in [-0.05, 0) is 36.8 Å². The van der Waals surface area contributed by atoms with Crippen LogP contribution in [0.2, 0.25) is 0 Å². The molecule has 3 heterocycles. The molecule has 1 aliphatic heterocycles. The fraction of sp³-hybridized carbons (Fsp3) is 0.400. The van der Waals surface area contributed by atoms with Gasteiger partial charge in [0.15, 0.2) is 0 Å². The number of thiophene rings is 1. The molecule has 1 aromatic carbocycles. The van der Waals surface area contributed by atoms with Gasteiger partial charge in [0.05, 0.1) is 35.1 Å². The van der Waals surface area contributed by atoms with Gasteiger partial charge in [0.25, 0.3) is 0 Å². The van der Waals surface area contributed by atoms with Crippen LogP contribution in [0.15, 0.2) is 30.6 Å². The number of nitrogen functional groups attached to an aromatic ring is 1. The molecular weight excluding hydrogens is 431 g/mol. The van der Waals surface area contributed by atoms with Gasteiger partial charge in [0.1, 0.15) is 23.2 Å². The predicted molar refractivity (Wildman–Crippen MR) is 113 cm³/mol. The number of hydrogen-bond donors (Lipinski definition) is 3. The lowest BCUT2D eigenvalue weighted by molar-refractivity contribution is -0.137. The minimum Gasteiger partial charge on any atom is -0.399 e. The predicted octanol–water partition coefficient (Wildman–Crippen LogP) is 3.79. The van der Waals surface area contributed by atoms with Gasteiger partial charge in [0.2, 0.25) is 0 Å². The lowest BCUT2D eigenvalue weighted by Gasteiger charge is -2.30. The number of fused-ring (bicyclic) bond motifs is 1. The fourth-order valence-corrected chi connectivity index (χ4v) is 4.52. The Labute approximate surface area is 180 Å². The third-order valence-electron chi connectivity index (χ3n) is 5.15. The summed E-state index contributed by atoms with van der Waals surface area (Å²) < 4.78 is 44.8. The average Bonchev–Trinajstić information content (AvgIpc) is 3.18. The number of halogens is 3. The van der Waals surface area contributed by atoms with Crippen LogP contribution in [0.3, 0.4) is 0 Å². The van der Waals surface area contributed by atoms with Crippen LogP contribution in [-0.4, -0.2) is 46.3 Å². The maximum Gasteiger partial charge on any atom is 0.416 e. The molecule has 0 radical (unpaired) electrons. The number of aliphatic hydroxyl groups excluding tert-OH is 1. The molecule has 0 spiro atoms. The Hall–Kier alpha value is -2.47. The van der Waals surface area contributed by atoms with E-state index in [1.165, 1.54) is 23.7 Å². The molecule has 2 atom stereocenters. The van der Waals surface area contributed by atoms with E-state index in [0.717, 1.165) is 17.0 Å². The van der Waals surface area contributed by atoms with Crippen molar-refractivity contribution in [2.45, 2.75) is 25.4 Å². The van der Waals surface area contributed by atoms with Gasteiger partial charge in [-0.15, -0.1) is 11.3 Å². The maximum absolute atomic E-state index is 13.1. The zero-order chi connectivity index (χ0) is 22.2. The van der Waals surface area contributed by atoms with E-state index < -0.39 is 24.0 Å². The molecule has 1 aliphatic rings. The third kappa shape index (κ3) is 4.74. The highest BCUT2D eigenvalue weighted by Crippen LogP contribution is 2.36. The van der Waals surface area contributed by atoms with Crippen molar-refractivity contribution in [2.75, 3.05) is 37.4 Å². The molecule has 0 aliphatic carbocycles. The second-order valence-corrected chi connectivity index (χ2v) is 8.43. The number of nitrogens with one attached hydrogen (secondary N) is 1. The van der Waals surface area contributed by atoms with Crippen molar-refractivity contribution in [3.05, 3.63) is 46.6 Å². The number of nitrogens with two attached hydrogens (primary N) is 1. The number of hydrogen-bond acceptors (Lipinski definition) is 8. The number of anilines is 2. The zero-order valence-electron chi connectivity index (χ0n) is 16.7. The van der Waals surface area contributed by atoms with E-state index in [9.17, 15) is 18.3 Å². The molecule has 3 aromatic rings. The van der Waals surface area contributed by atoms with E-state index in [0.29, 0.717) is 47.9 Å². The second-order valence-electron chi connectivity index (χ2n) is 7.36. The Morgan fingerprint density at radius 3 is 2.65 bits per heavy atom. The number of alkyl halides is 3. The summed E-state index contributed by atoms with van der Waals surface area (Å²) in [4.78, 5) is 11.9. The van der Waals surface area contributed by atoms with Crippen molar-refractivity contribution >= 4 is 33.1 Å². The second kappa shape index (κ2) is 8.58. The first-order chi connectivity index (χ1) is 14.7. The quantitative estimate of drug-likeness (QED) is 0.506. The van der Waals surface area contributed by atoms with Crippen molar-refractivity contribution in [1.29, 1.82) is 0 Å². The number of aliphatic hydroxyl groups is 1. The molecule has 1 saturated heterocycles. The average molecular weight is 453 g/mol. The van der Waals surface area contributed by atoms with Crippen molar-refractivity contribution in [2.24, 2.45) is 0 Å². The van der Waals surface area contributed by atoms with Crippen LogP contribution >= 0.6 is 11.3 Å². The summed E-state index contributed by atoms with van der Waals surface area (Å²) in [7, 11) is 0. The molecule has 2 aromatic heterocycles. The van der Waals surface area contributed by atoms with E-state index in [4.69, 9.17) is 10.5 Å². The molecular formula is C20H22F3N5O2S. The SMILES string of the molecule is C[C@@H](Nc1ncnc2sc(C(O)N3CCOCC3)cc12)c1cc(N)cc(C(F)(F)F)c1. The highest BCUT2D eigenvalue weighted by Gasteiger charge is 2.31. The molecule has 4 rings (SSSR count). The van der Waals surface area contributed by atoms with E-state index in [1.54, 1.807) is 6.92 Å². The van der Waals surface area contributed by atoms with Crippen LogP contribution in [0.5, 0.6) is 0 Å². The summed E-state index contributed by atoms with van der Waals surface area (Å²) in [5.74, 6) is 0.477. The summed E-state index contributed by atoms with van der Waals surface area (Å²) in [5, 5.41) is 14.6. The number of ether oxygens (including phenoxy) is 1. The van der Waals surface area contributed by atoms with E-state index in [2.05, 4.69) is 15.3 Å². The van der Waals surface area contributed by atoms with Crippen LogP contribution in [-0.2, 0) is 10.9 Å². The molecule has 7 nitrogen and oxygen atoms in total. The Kier molecular flexibility index (Phi) is 6.02. The number of nitrogens with zero attached hydrogens (tertiary/aromatic N) is 3. The van der Waals surface area contributed by atoms with E-state index >= 15 is 0 Å². The van der Waals surface area contributed by atoms with Gasteiger partial charge < -0.3 is 20.9 Å². The molecule has 1 fully saturated rings. The highest BCUT2D eigenvalue weighted by atomic mass is 32.1. The van der Waals surface area contributed by atoms with Crippen LogP contribution in [0.25, 0.3) is 10.2 Å². The third-order valence-corrected chi connectivity index (χ3v) is 6.24. The molecule has 11 heteroatoms. The molecule has 0 amide bonds. The molecule has 0 saturated carbocycles. The van der Waals surface area contributed by atoms with Crippen molar-refractivity contribution < 1.29 is 23.0 Å². The van der Waals surface area contributed by atoms with Crippen LogP contribution in [0.4, 0.5) is 24.7 Å². The zero-order valence-corrected chi connectivity index (χ0v) is 17.5. The Morgan fingerprint density at radius 2 is 1.94 bits per heavy atom. The maximum atomic E-state index is 13.1. The molecule has 1 unspecified atom stereocenters. The summed E-state index contributed by atoms with van der Waals surface area (Å²) in [6.07, 6.45) is -3.87. The number of rotatable bonds is 5. The fourth-order valence-electron chi connectivity index (χ4n) is 3.50. The molecule has 0 bridgehead atoms. The smallest absolute Gasteiger partial charge is 0.399 e. The topological polar surface area (TPSA) is 96.5 Å². The van der Waals surface area contributed by atoms with Gasteiger partial charge in [0, 0.05) is 18.8 Å². The van der Waals surface area contributed by atoms with Crippen molar-refractivity contribution in [3.8, 4) is 0 Å². The largest absolute Gasteiger partial charge is 0.416 e. The lowest BCUT2D eigenvalue weighted by atomic mass is 10.0. The first-order valence-corrected chi connectivity index (χ1v) is 10.5. The first kappa shape index (κ1) is 21.8. The van der Waals surface area contributed by atoms with E-state index in [-0.39, 0.29) is 5.69 Å². The van der Waals surface area contributed by atoms with Gasteiger partial charge in [-0.25, -0.2) is 9.97 Å². The van der Waals surface area contributed by atoms with Crippen LogP contribution in [0, 0.1) is 0 Å². The summed E-state index contributed by atoms with van der Waals surface area (Å²) in [5.41, 5.74) is 5.33. The highest BCUT2D eigenvalue weighted by molar-refractivity contribution is 7.18. The first-order valence-electron chi connectivity index (χ1n) is 9.71. The van der Waals surface area contributed by atoms with Gasteiger partial charge in [-0.3, -0.25) is 4.90 Å². The summed E-state index contributed by atoms with van der Waals surface area (Å²) >= 11 is 1.35. The Bertz CT molecular complexity index is 1070. The molecule has 166 valence electrons. The standard InChI is InChI=1S/C20H22F3N5O2S/c1-11(12-6-13(20(21,22)23)8-14(24)7-12)27-17-15-9-16(31-18(15)26-10-25-17)19(29)28-2-4-30-5-3-28/h6-11,19,29H,2-5,24H2,1H3,(H,25,26,27)/t11-,19?/m1/s1. The van der Waals surface area contributed by atoms with Gasteiger partial charge >= 0.3 is 6.18 Å². The minimum absolute atomic E-state index is 0.0396. The lowest BCUT2D eigenvalue weighted by Crippen LogP contribution is -2.38. The minimum atomic E-state index is -4.48. The van der Waals surface area contributed by atoms with Crippen molar-refractivity contribution in [1.82, 2.24) is 14.9 Å². The van der Waals surface area contributed by atoms with Gasteiger partial charge in [-0.2, -0.15) is 13.2 Å². The van der Waals surface area contributed by atoms with Crippen LogP contribution < -0.4 is 11.1 Å². The monoisotopic (exact) mass is 453 g/mol. The van der Waals surface area contributed by atoms with Crippen LogP contribution in [0.1, 0.15) is 35.2 Å². The van der Waals surface area contributed by atoms with E-state index in [1.807, 2.05) is 11.0 Å². The van der Waals surface area contributed by atoms with Gasteiger partial charge in [-0.1, -0.05) is 0 Å². The molecule has 31 heavy (non-hydrogen) atoms. The number of morpholine rings is 1. The van der Waals surface area contributed by atoms with Crippen molar-refractivity contribution in [3.63, 3.8) is 0 Å². The number of aromatic nitrogens is 2. The summed E-state index contributed by atoms with van der Waals surface area (Å²) in [6, 6.07) is 4.82. The Morgan fingerprint density at radius 1 is 1.19 bits per heavy atom.